The summed E-state index contributed by atoms with van der Waals surface area (Å²) in [4.78, 5) is 12.3. The summed E-state index contributed by atoms with van der Waals surface area (Å²) in [5, 5.41) is 4.61. The minimum absolute atomic E-state index is 0.0674. The third-order valence-electron chi connectivity index (χ3n) is 2.03. The van der Waals surface area contributed by atoms with Crippen molar-refractivity contribution < 1.29 is 4.79 Å². The van der Waals surface area contributed by atoms with Crippen molar-refractivity contribution in [3.63, 3.8) is 0 Å². The van der Waals surface area contributed by atoms with Gasteiger partial charge in [-0.15, -0.1) is 11.3 Å². The Morgan fingerprint density at radius 1 is 1.12 bits per heavy atom. The van der Waals surface area contributed by atoms with Crippen molar-refractivity contribution in [2.45, 2.75) is 0 Å². The lowest BCUT2D eigenvalue weighted by Gasteiger charge is -1.96. The Bertz CT molecular complexity index is 474. The molecule has 16 heavy (non-hydrogen) atoms. The van der Waals surface area contributed by atoms with E-state index >= 15 is 0 Å². The van der Waals surface area contributed by atoms with Crippen LogP contribution in [-0.2, 0) is 0 Å². The number of hydrogen-bond acceptors (Lipinski definition) is 2. The molecule has 3 heteroatoms. The molecule has 80 valence electrons. The summed E-state index contributed by atoms with van der Waals surface area (Å²) >= 11 is 1.43. The highest BCUT2D eigenvalue weighted by Crippen LogP contribution is 2.07. The summed E-state index contributed by atoms with van der Waals surface area (Å²) in [7, 11) is 0. The minimum atomic E-state index is -0.0674. The fourth-order valence-corrected chi connectivity index (χ4v) is 1.88. The number of nitrogens with one attached hydrogen (secondary N) is 1. The van der Waals surface area contributed by atoms with E-state index in [1.807, 2.05) is 47.9 Å². The highest BCUT2D eigenvalue weighted by Gasteiger charge is 2.02. The predicted molar refractivity (Wildman–Crippen MR) is 67.3 cm³/mol. The van der Waals surface area contributed by atoms with Gasteiger partial charge in [0.25, 0.3) is 5.91 Å². The molecular formula is C13H11NOS. The van der Waals surface area contributed by atoms with Crippen molar-refractivity contribution in [2.75, 3.05) is 0 Å². The molecule has 0 unspecified atom stereocenters. The molecule has 0 saturated carbocycles. The number of rotatable bonds is 3. The number of thiophene rings is 1. The molecule has 0 fully saturated rings. The zero-order valence-corrected chi connectivity index (χ0v) is 9.41. The van der Waals surface area contributed by atoms with Crippen LogP contribution < -0.4 is 5.32 Å². The van der Waals surface area contributed by atoms with Crippen LogP contribution in [0.2, 0.25) is 0 Å². The second kappa shape index (κ2) is 5.28. The first-order valence-corrected chi connectivity index (χ1v) is 5.80. The smallest absolute Gasteiger partial charge is 0.265 e. The average Bonchev–Trinajstić information content (AvgIpc) is 2.84. The largest absolute Gasteiger partial charge is 0.328 e. The van der Waals surface area contributed by atoms with Gasteiger partial charge in [0.05, 0.1) is 4.88 Å². The van der Waals surface area contributed by atoms with Crippen molar-refractivity contribution in [1.29, 1.82) is 0 Å². The molecule has 1 amide bonds. The summed E-state index contributed by atoms with van der Waals surface area (Å²) < 4.78 is 0. The van der Waals surface area contributed by atoms with Gasteiger partial charge in [0.2, 0.25) is 0 Å². The molecule has 0 aliphatic heterocycles. The summed E-state index contributed by atoms with van der Waals surface area (Å²) in [5.41, 5.74) is 1.06. The summed E-state index contributed by atoms with van der Waals surface area (Å²) in [5.74, 6) is -0.0674. The molecule has 0 saturated heterocycles. The number of hydrogen-bond donors (Lipinski definition) is 1. The van der Waals surface area contributed by atoms with Gasteiger partial charge in [-0.1, -0.05) is 36.4 Å². The van der Waals surface area contributed by atoms with Gasteiger partial charge < -0.3 is 5.32 Å². The lowest BCUT2D eigenvalue weighted by atomic mass is 10.2. The maximum absolute atomic E-state index is 11.5. The lowest BCUT2D eigenvalue weighted by Crippen LogP contribution is -2.15. The van der Waals surface area contributed by atoms with Crippen LogP contribution in [0.15, 0.2) is 54.0 Å². The van der Waals surface area contributed by atoms with E-state index in [2.05, 4.69) is 5.32 Å². The van der Waals surface area contributed by atoms with Gasteiger partial charge in [0, 0.05) is 6.20 Å². The van der Waals surface area contributed by atoms with Crippen molar-refractivity contribution in [2.24, 2.45) is 0 Å². The third kappa shape index (κ3) is 2.81. The molecular weight excluding hydrogens is 218 g/mol. The predicted octanol–water partition coefficient (Wildman–Crippen LogP) is 3.15. The van der Waals surface area contributed by atoms with E-state index in [4.69, 9.17) is 0 Å². The van der Waals surface area contributed by atoms with E-state index in [9.17, 15) is 4.79 Å². The zero-order valence-electron chi connectivity index (χ0n) is 8.59. The van der Waals surface area contributed by atoms with Crippen LogP contribution in [0.3, 0.4) is 0 Å². The lowest BCUT2D eigenvalue weighted by molar-refractivity contribution is 0.0974. The summed E-state index contributed by atoms with van der Waals surface area (Å²) in [6, 6.07) is 13.5. The van der Waals surface area contributed by atoms with Gasteiger partial charge in [0.1, 0.15) is 0 Å². The van der Waals surface area contributed by atoms with Gasteiger partial charge in [-0.3, -0.25) is 4.79 Å². The maximum Gasteiger partial charge on any atom is 0.265 e. The molecule has 1 heterocycles. The van der Waals surface area contributed by atoms with E-state index in [0.717, 1.165) is 10.4 Å². The van der Waals surface area contributed by atoms with Gasteiger partial charge in [-0.05, 0) is 23.1 Å². The monoisotopic (exact) mass is 229 g/mol. The van der Waals surface area contributed by atoms with Crippen LogP contribution in [0.5, 0.6) is 0 Å². The molecule has 0 atom stereocenters. The fraction of sp³-hybridized carbons (Fsp3) is 0. The number of benzene rings is 1. The standard InChI is InChI=1S/C13H11NOS/c15-13(12-7-4-10-16-12)14-9-8-11-5-2-1-3-6-11/h1-10H,(H,14,15). The number of carbonyl (C=O) groups excluding carboxylic acids is 1. The second-order valence-corrected chi connectivity index (χ2v) is 4.14. The Kier molecular flexibility index (Phi) is 3.51. The van der Waals surface area contributed by atoms with Crippen LogP contribution in [0, 0.1) is 0 Å². The first kappa shape index (κ1) is 10.6. The third-order valence-corrected chi connectivity index (χ3v) is 2.90. The normalized spacial score (nSPS) is 10.5. The second-order valence-electron chi connectivity index (χ2n) is 3.19. The number of amides is 1. The average molecular weight is 229 g/mol. The van der Waals surface area contributed by atoms with Gasteiger partial charge in [-0.25, -0.2) is 0 Å². The van der Waals surface area contributed by atoms with Crippen molar-refractivity contribution >= 4 is 23.3 Å². The Hall–Kier alpha value is -1.87. The van der Waals surface area contributed by atoms with Gasteiger partial charge in [0.15, 0.2) is 0 Å². The first-order chi connectivity index (χ1) is 7.86. The van der Waals surface area contributed by atoms with Crippen LogP contribution in [0.25, 0.3) is 6.08 Å². The topological polar surface area (TPSA) is 29.1 Å². The van der Waals surface area contributed by atoms with E-state index < -0.39 is 0 Å². The molecule has 1 aromatic carbocycles. The van der Waals surface area contributed by atoms with E-state index in [-0.39, 0.29) is 5.91 Å². The Morgan fingerprint density at radius 2 is 1.94 bits per heavy atom. The number of carbonyl (C=O) groups is 1. The summed E-state index contributed by atoms with van der Waals surface area (Å²) in [6.07, 6.45) is 3.53. The molecule has 1 N–H and O–H groups in total. The van der Waals surface area contributed by atoms with Crippen molar-refractivity contribution in [3.05, 3.63) is 64.5 Å². The van der Waals surface area contributed by atoms with Crippen LogP contribution in [0.4, 0.5) is 0 Å². The maximum atomic E-state index is 11.5. The van der Waals surface area contributed by atoms with E-state index in [1.165, 1.54) is 11.3 Å². The van der Waals surface area contributed by atoms with Crippen molar-refractivity contribution in [1.82, 2.24) is 5.32 Å². The molecule has 0 spiro atoms. The Labute approximate surface area is 98.2 Å². The molecule has 2 nitrogen and oxygen atoms in total. The Balaban J connectivity index is 1.93. The van der Waals surface area contributed by atoms with E-state index in [0.29, 0.717) is 0 Å². The Morgan fingerprint density at radius 3 is 2.62 bits per heavy atom. The van der Waals surface area contributed by atoms with Crippen LogP contribution in [-0.4, -0.2) is 5.91 Å². The highest BCUT2D eigenvalue weighted by molar-refractivity contribution is 7.12. The molecule has 2 aromatic rings. The van der Waals surface area contributed by atoms with Crippen LogP contribution >= 0.6 is 11.3 Å². The van der Waals surface area contributed by atoms with Crippen LogP contribution in [0.1, 0.15) is 15.2 Å². The molecule has 0 bridgehead atoms. The quantitative estimate of drug-likeness (QED) is 0.860. The SMILES string of the molecule is O=C(NC=Cc1ccccc1)c1cccs1. The highest BCUT2D eigenvalue weighted by atomic mass is 32.1. The minimum Gasteiger partial charge on any atom is -0.328 e. The van der Waals surface area contributed by atoms with Gasteiger partial charge in [-0.2, -0.15) is 0 Å². The van der Waals surface area contributed by atoms with Gasteiger partial charge >= 0.3 is 0 Å². The molecule has 1 aromatic heterocycles. The molecule has 0 aliphatic rings. The first-order valence-electron chi connectivity index (χ1n) is 4.92. The molecule has 2 rings (SSSR count). The molecule has 0 aliphatic carbocycles. The zero-order chi connectivity index (χ0) is 11.2. The summed E-state index contributed by atoms with van der Waals surface area (Å²) in [6.45, 7) is 0. The van der Waals surface area contributed by atoms with E-state index in [1.54, 1.807) is 12.3 Å². The molecule has 0 radical (unpaired) electrons. The fourth-order valence-electron chi connectivity index (χ4n) is 1.26. The van der Waals surface area contributed by atoms with Crippen molar-refractivity contribution in [3.8, 4) is 0 Å².